The van der Waals surface area contributed by atoms with Gasteiger partial charge in [-0.05, 0) is 42.2 Å². The molecule has 0 unspecified atom stereocenters. The number of thioether (sulfide) groups is 1. The molecule has 0 saturated heterocycles. The lowest BCUT2D eigenvalue weighted by atomic mass is 9.87. The van der Waals surface area contributed by atoms with E-state index in [0.717, 1.165) is 5.56 Å². The van der Waals surface area contributed by atoms with Gasteiger partial charge in [0.05, 0.1) is 16.0 Å². The largest absolute Gasteiger partial charge is 0.411 e. The maximum atomic E-state index is 12.4. The summed E-state index contributed by atoms with van der Waals surface area (Å²) in [5, 5.41) is 11.4. The summed E-state index contributed by atoms with van der Waals surface area (Å²) in [6.45, 7) is 8.27. The number of hydrogen-bond acceptors (Lipinski definition) is 5. The van der Waals surface area contributed by atoms with Gasteiger partial charge < -0.3 is 9.73 Å². The molecule has 1 amide bonds. The highest BCUT2D eigenvalue weighted by molar-refractivity contribution is 8.00. The maximum absolute atomic E-state index is 12.4. The van der Waals surface area contributed by atoms with Gasteiger partial charge in [0.2, 0.25) is 11.8 Å². The molecule has 0 saturated carbocycles. The van der Waals surface area contributed by atoms with Gasteiger partial charge in [-0.15, -0.1) is 10.2 Å². The second kappa shape index (κ2) is 8.37. The molecule has 0 spiro atoms. The Hall–Kier alpha value is -2.31. The van der Waals surface area contributed by atoms with Crippen LogP contribution in [0.3, 0.4) is 0 Å². The third-order valence-corrected chi connectivity index (χ3v) is 5.45. The number of rotatable bonds is 5. The van der Waals surface area contributed by atoms with Crippen LogP contribution in [0.1, 0.15) is 33.3 Å². The third-order valence-electron chi connectivity index (χ3n) is 4.18. The Labute approximate surface area is 173 Å². The number of carbonyl (C=O) groups excluding carboxylic acids is 1. The van der Waals surface area contributed by atoms with E-state index in [2.05, 4.69) is 48.4 Å². The van der Waals surface area contributed by atoms with Crippen LogP contribution in [0.5, 0.6) is 0 Å². The van der Waals surface area contributed by atoms with Gasteiger partial charge >= 0.3 is 0 Å². The highest BCUT2D eigenvalue weighted by Gasteiger charge is 2.20. The number of aromatic nitrogens is 2. The molecule has 3 rings (SSSR count). The van der Waals surface area contributed by atoms with Crippen molar-refractivity contribution in [3.63, 3.8) is 0 Å². The Kier molecular flexibility index (Phi) is 6.10. The minimum absolute atomic E-state index is 0.0822. The van der Waals surface area contributed by atoms with Crippen LogP contribution >= 0.6 is 23.4 Å². The van der Waals surface area contributed by atoms with Crippen LogP contribution in [0.15, 0.2) is 58.2 Å². The zero-order valence-corrected chi connectivity index (χ0v) is 17.8. The molecular formula is C21H22ClN3O2S. The molecule has 146 valence electrons. The number of anilines is 1. The van der Waals surface area contributed by atoms with Gasteiger partial charge in [0, 0.05) is 5.56 Å². The summed E-state index contributed by atoms with van der Waals surface area (Å²) in [6.07, 6.45) is 0. The van der Waals surface area contributed by atoms with Crippen LogP contribution in [-0.2, 0) is 10.2 Å². The first-order valence-electron chi connectivity index (χ1n) is 8.90. The summed E-state index contributed by atoms with van der Waals surface area (Å²) in [7, 11) is 0. The van der Waals surface area contributed by atoms with Crippen molar-refractivity contribution in [2.75, 3.05) is 5.32 Å². The van der Waals surface area contributed by atoms with Gasteiger partial charge in [-0.1, -0.05) is 68.4 Å². The number of benzene rings is 2. The average Bonchev–Trinajstić information content (AvgIpc) is 3.11. The molecule has 7 heteroatoms. The average molecular weight is 416 g/mol. The van der Waals surface area contributed by atoms with Gasteiger partial charge in [0.25, 0.3) is 5.22 Å². The molecule has 3 aromatic rings. The Morgan fingerprint density at radius 1 is 1.11 bits per heavy atom. The summed E-state index contributed by atoms with van der Waals surface area (Å²) in [5.41, 5.74) is 2.74. The minimum atomic E-state index is -0.423. The second-order valence-electron chi connectivity index (χ2n) is 7.43. The fourth-order valence-electron chi connectivity index (χ4n) is 2.49. The molecular weight excluding hydrogens is 394 g/mol. The van der Waals surface area contributed by atoms with E-state index in [1.165, 1.54) is 17.3 Å². The lowest BCUT2D eigenvalue weighted by molar-refractivity contribution is -0.115. The van der Waals surface area contributed by atoms with Gasteiger partial charge in [-0.2, -0.15) is 0 Å². The lowest BCUT2D eigenvalue weighted by Crippen LogP contribution is -2.22. The molecule has 2 aromatic carbocycles. The number of carbonyl (C=O) groups is 1. The van der Waals surface area contributed by atoms with Crippen molar-refractivity contribution in [3.8, 4) is 11.5 Å². The number of halogens is 1. The third kappa shape index (κ3) is 4.94. The molecule has 1 atom stereocenters. The molecule has 0 aliphatic carbocycles. The van der Waals surface area contributed by atoms with E-state index >= 15 is 0 Å². The van der Waals surface area contributed by atoms with Crippen LogP contribution in [0.4, 0.5) is 5.69 Å². The Morgan fingerprint density at radius 3 is 2.43 bits per heavy atom. The molecule has 5 nitrogen and oxygen atoms in total. The quantitative estimate of drug-likeness (QED) is 0.533. The van der Waals surface area contributed by atoms with E-state index in [9.17, 15) is 4.79 Å². The van der Waals surface area contributed by atoms with Crippen LogP contribution < -0.4 is 5.32 Å². The first kappa shape index (κ1) is 20.4. The van der Waals surface area contributed by atoms with Crippen molar-refractivity contribution in [2.45, 2.75) is 43.6 Å². The summed E-state index contributed by atoms with van der Waals surface area (Å²) in [5.74, 6) is 0.244. The van der Waals surface area contributed by atoms with Crippen molar-refractivity contribution in [1.29, 1.82) is 0 Å². The molecule has 1 N–H and O–H groups in total. The van der Waals surface area contributed by atoms with Crippen molar-refractivity contribution in [1.82, 2.24) is 10.2 Å². The number of nitrogens with one attached hydrogen (secondary N) is 1. The lowest BCUT2D eigenvalue weighted by Gasteiger charge is -2.18. The molecule has 0 fully saturated rings. The highest BCUT2D eigenvalue weighted by Crippen LogP contribution is 2.29. The Morgan fingerprint density at radius 2 is 1.79 bits per heavy atom. The van der Waals surface area contributed by atoms with Crippen LogP contribution in [0.25, 0.3) is 11.5 Å². The highest BCUT2D eigenvalue weighted by atomic mass is 35.5. The molecule has 0 bridgehead atoms. The smallest absolute Gasteiger partial charge is 0.277 e. The standard InChI is InChI=1S/C21H22ClN3O2S/c1-13(18(26)23-17-8-6-5-7-16(17)22)28-20-25-24-19(27-20)14-9-11-15(12-10-14)21(2,3)4/h5-13H,1-4H3,(H,23,26)/t13-/m0/s1. The van der Waals surface area contributed by atoms with Crippen molar-refractivity contribution in [2.24, 2.45) is 0 Å². The Bertz CT molecular complexity index is 964. The van der Waals surface area contributed by atoms with Crippen LogP contribution in [-0.4, -0.2) is 21.4 Å². The van der Waals surface area contributed by atoms with E-state index in [0.29, 0.717) is 21.8 Å². The normalized spacial score (nSPS) is 12.6. The summed E-state index contributed by atoms with van der Waals surface area (Å²) in [6, 6.07) is 15.2. The molecule has 0 aliphatic heterocycles. The van der Waals surface area contributed by atoms with E-state index in [4.69, 9.17) is 16.0 Å². The summed E-state index contributed by atoms with van der Waals surface area (Å²) >= 11 is 7.29. The van der Waals surface area contributed by atoms with E-state index in [1.807, 2.05) is 24.3 Å². The first-order chi connectivity index (χ1) is 13.2. The van der Waals surface area contributed by atoms with Gasteiger partial charge in [0.15, 0.2) is 0 Å². The summed E-state index contributed by atoms with van der Waals surface area (Å²) in [4.78, 5) is 12.4. The fourth-order valence-corrected chi connectivity index (χ4v) is 3.35. The zero-order valence-electron chi connectivity index (χ0n) is 16.2. The molecule has 28 heavy (non-hydrogen) atoms. The monoisotopic (exact) mass is 415 g/mol. The molecule has 1 heterocycles. The van der Waals surface area contributed by atoms with Crippen molar-refractivity contribution in [3.05, 3.63) is 59.1 Å². The number of nitrogens with zero attached hydrogens (tertiary/aromatic N) is 2. The van der Waals surface area contributed by atoms with Crippen molar-refractivity contribution < 1.29 is 9.21 Å². The minimum Gasteiger partial charge on any atom is -0.411 e. The van der Waals surface area contributed by atoms with E-state index < -0.39 is 5.25 Å². The van der Waals surface area contributed by atoms with E-state index in [1.54, 1.807) is 19.1 Å². The number of hydrogen-bond donors (Lipinski definition) is 1. The predicted octanol–water partition coefficient (Wildman–Crippen LogP) is 5.81. The fraction of sp³-hybridized carbons (Fsp3) is 0.286. The SMILES string of the molecule is C[C@H](Sc1nnc(-c2ccc(C(C)(C)C)cc2)o1)C(=O)Nc1ccccc1Cl. The zero-order chi connectivity index (χ0) is 20.3. The summed E-state index contributed by atoms with van der Waals surface area (Å²) < 4.78 is 5.72. The van der Waals surface area contributed by atoms with Crippen molar-refractivity contribution >= 4 is 35.0 Å². The first-order valence-corrected chi connectivity index (χ1v) is 10.2. The van der Waals surface area contributed by atoms with Crippen LogP contribution in [0, 0.1) is 0 Å². The predicted molar refractivity (Wildman–Crippen MR) is 114 cm³/mol. The Balaban J connectivity index is 1.65. The molecule has 0 aliphatic rings. The van der Waals surface area contributed by atoms with E-state index in [-0.39, 0.29) is 11.3 Å². The second-order valence-corrected chi connectivity index (χ2v) is 9.13. The molecule has 1 aromatic heterocycles. The number of amides is 1. The topological polar surface area (TPSA) is 68.0 Å². The van der Waals surface area contributed by atoms with Gasteiger partial charge in [-0.3, -0.25) is 4.79 Å². The van der Waals surface area contributed by atoms with Gasteiger partial charge in [-0.25, -0.2) is 0 Å². The van der Waals surface area contributed by atoms with Gasteiger partial charge in [0.1, 0.15) is 0 Å². The number of para-hydroxylation sites is 1. The van der Waals surface area contributed by atoms with Crippen LogP contribution in [0.2, 0.25) is 5.02 Å². The molecule has 0 radical (unpaired) electrons. The maximum Gasteiger partial charge on any atom is 0.277 e.